The molecule has 0 heterocycles. The number of nitrogens with two attached hydrogens (primary N) is 1. The van der Waals surface area contributed by atoms with Gasteiger partial charge in [-0.3, -0.25) is 9.59 Å². The van der Waals surface area contributed by atoms with Crippen LogP contribution in [0.25, 0.3) is 0 Å². The van der Waals surface area contributed by atoms with Crippen molar-refractivity contribution < 1.29 is 9.59 Å². The van der Waals surface area contributed by atoms with Gasteiger partial charge in [0.1, 0.15) is 0 Å². The van der Waals surface area contributed by atoms with Crippen molar-refractivity contribution in [3.05, 3.63) is 12.2 Å². The number of hydrogen-bond acceptors (Lipinski definition) is 2. The van der Waals surface area contributed by atoms with Crippen LogP contribution in [0.2, 0.25) is 0 Å². The van der Waals surface area contributed by atoms with E-state index in [4.69, 9.17) is 5.73 Å². The highest BCUT2D eigenvalue weighted by atomic mass is 16.1. The van der Waals surface area contributed by atoms with E-state index < -0.39 is 0 Å². The van der Waals surface area contributed by atoms with E-state index in [1.807, 2.05) is 0 Å². The maximum atomic E-state index is 10.9. The summed E-state index contributed by atoms with van der Waals surface area (Å²) in [5.74, 6) is -0.328. The molecule has 0 fully saturated rings. The molecule has 0 bridgehead atoms. The molecular formula is C10H18N2O2. The first-order valence-electron chi connectivity index (χ1n) is 4.85. The fourth-order valence-electron chi connectivity index (χ4n) is 1.02. The lowest BCUT2D eigenvalue weighted by molar-refractivity contribution is -0.118. The van der Waals surface area contributed by atoms with Gasteiger partial charge in [0, 0.05) is 13.0 Å². The SMILES string of the molecule is C/C=C\C(=O)NCCCCCC(N)=O. The zero-order valence-electron chi connectivity index (χ0n) is 8.58. The average molecular weight is 198 g/mol. The number of amides is 2. The van der Waals surface area contributed by atoms with Crippen LogP contribution in [0.5, 0.6) is 0 Å². The Bertz CT molecular complexity index is 212. The molecule has 80 valence electrons. The standard InChI is InChI=1S/C10H18N2O2/c1-2-6-10(14)12-8-5-3-4-7-9(11)13/h2,6H,3-5,7-8H2,1H3,(H2,11,13)(H,12,14)/b6-2-. The first-order valence-corrected chi connectivity index (χ1v) is 4.85. The zero-order valence-corrected chi connectivity index (χ0v) is 8.58. The second-order valence-corrected chi connectivity index (χ2v) is 3.07. The van der Waals surface area contributed by atoms with Crippen molar-refractivity contribution in [3.63, 3.8) is 0 Å². The van der Waals surface area contributed by atoms with Crippen molar-refractivity contribution in [3.8, 4) is 0 Å². The third kappa shape index (κ3) is 8.77. The first-order chi connectivity index (χ1) is 6.66. The van der Waals surface area contributed by atoms with Crippen LogP contribution < -0.4 is 11.1 Å². The van der Waals surface area contributed by atoms with Gasteiger partial charge in [-0.15, -0.1) is 0 Å². The molecule has 0 saturated carbocycles. The molecule has 0 aliphatic rings. The molecule has 0 aromatic rings. The number of hydrogen-bond donors (Lipinski definition) is 2. The second kappa shape index (κ2) is 8.29. The van der Waals surface area contributed by atoms with E-state index in [2.05, 4.69) is 5.32 Å². The van der Waals surface area contributed by atoms with Crippen molar-refractivity contribution in [2.24, 2.45) is 5.73 Å². The minimum absolute atomic E-state index is 0.0672. The molecule has 4 heteroatoms. The number of unbranched alkanes of at least 4 members (excludes halogenated alkanes) is 2. The quantitative estimate of drug-likeness (QED) is 0.467. The summed E-state index contributed by atoms with van der Waals surface area (Å²) in [6.45, 7) is 2.45. The molecule has 0 atom stereocenters. The van der Waals surface area contributed by atoms with Crippen LogP contribution in [-0.2, 0) is 9.59 Å². The van der Waals surface area contributed by atoms with E-state index in [1.165, 1.54) is 6.08 Å². The van der Waals surface area contributed by atoms with Crippen LogP contribution in [0.4, 0.5) is 0 Å². The fourth-order valence-corrected chi connectivity index (χ4v) is 1.02. The summed E-state index contributed by atoms with van der Waals surface area (Å²) in [5.41, 5.74) is 4.98. The molecule has 14 heavy (non-hydrogen) atoms. The Labute approximate surface area is 84.5 Å². The minimum Gasteiger partial charge on any atom is -0.370 e. The monoisotopic (exact) mass is 198 g/mol. The molecule has 0 saturated heterocycles. The Morgan fingerprint density at radius 3 is 2.57 bits per heavy atom. The first kappa shape index (κ1) is 12.7. The van der Waals surface area contributed by atoms with E-state index in [-0.39, 0.29) is 11.8 Å². The van der Waals surface area contributed by atoms with Crippen molar-refractivity contribution >= 4 is 11.8 Å². The highest BCUT2D eigenvalue weighted by molar-refractivity contribution is 5.87. The molecule has 0 unspecified atom stereocenters. The van der Waals surface area contributed by atoms with Crippen molar-refractivity contribution in [2.75, 3.05) is 6.54 Å². The van der Waals surface area contributed by atoms with Gasteiger partial charge in [0.05, 0.1) is 0 Å². The van der Waals surface area contributed by atoms with Gasteiger partial charge in [-0.25, -0.2) is 0 Å². The number of carbonyl (C=O) groups excluding carboxylic acids is 2. The minimum atomic E-state index is -0.261. The predicted octanol–water partition coefficient (Wildman–Crippen LogP) is 0.724. The van der Waals surface area contributed by atoms with E-state index >= 15 is 0 Å². The summed E-state index contributed by atoms with van der Waals surface area (Å²) >= 11 is 0. The van der Waals surface area contributed by atoms with E-state index in [0.717, 1.165) is 19.3 Å². The molecule has 0 aromatic heterocycles. The Morgan fingerprint density at radius 1 is 1.29 bits per heavy atom. The molecule has 0 rings (SSSR count). The van der Waals surface area contributed by atoms with E-state index in [9.17, 15) is 9.59 Å². The summed E-state index contributed by atoms with van der Waals surface area (Å²) in [7, 11) is 0. The number of carbonyl (C=O) groups is 2. The maximum Gasteiger partial charge on any atom is 0.243 e. The molecule has 0 spiro atoms. The van der Waals surface area contributed by atoms with Crippen molar-refractivity contribution in [2.45, 2.75) is 32.6 Å². The topological polar surface area (TPSA) is 72.2 Å². The van der Waals surface area contributed by atoms with Crippen LogP contribution >= 0.6 is 0 Å². The van der Waals surface area contributed by atoms with Gasteiger partial charge < -0.3 is 11.1 Å². The van der Waals surface area contributed by atoms with Crippen LogP contribution in [0.15, 0.2) is 12.2 Å². The summed E-state index contributed by atoms with van der Waals surface area (Å²) in [4.78, 5) is 21.3. The Balaban J connectivity index is 3.21. The molecule has 0 aliphatic carbocycles. The average Bonchev–Trinajstić information content (AvgIpc) is 2.11. The Kier molecular flexibility index (Phi) is 7.50. The summed E-state index contributed by atoms with van der Waals surface area (Å²) in [5, 5.41) is 2.73. The second-order valence-electron chi connectivity index (χ2n) is 3.07. The van der Waals surface area contributed by atoms with Crippen molar-refractivity contribution in [1.82, 2.24) is 5.32 Å². The number of primary amides is 1. The van der Waals surface area contributed by atoms with Crippen LogP contribution in [-0.4, -0.2) is 18.4 Å². The van der Waals surface area contributed by atoms with Gasteiger partial charge in [0.25, 0.3) is 0 Å². The van der Waals surface area contributed by atoms with Gasteiger partial charge in [-0.05, 0) is 25.8 Å². The lowest BCUT2D eigenvalue weighted by atomic mass is 10.2. The summed E-state index contributed by atoms with van der Waals surface area (Å²) in [6, 6.07) is 0. The lowest BCUT2D eigenvalue weighted by Crippen LogP contribution is -2.22. The number of nitrogens with one attached hydrogen (secondary N) is 1. The fraction of sp³-hybridized carbons (Fsp3) is 0.600. The normalized spacial score (nSPS) is 10.4. The molecule has 0 aromatic carbocycles. The Hall–Kier alpha value is -1.32. The molecular weight excluding hydrogens is 180 g/mol. The lowest BCUT2D eigenvalue weighted by Gasteiger charge is -2.01. The van der Waals surface area contributed by atoms with Crippen LogP contribution in [0.1, 0.15) is 32.6 Å². The maximum absolute atomic E-state index is 10.9. The highest BCUT2D eigenvalue weighted by Crippen LogP contribution is 1.97. The number of allylic oxidation sites excluding steroid dienone is 1. The largest absolute Gasteiger partial charge is 0.370 e. The van der Waals surface area contributed by atoms with Gasteiger partial charge in [-0.2, -0.15) is 0 Å². The predicted molar refractivity (Wildman–Crippen MR) is 55.5 cm³/mol. The molecule has 3 N–H and O–H groups in total. The van der Waals surface area contributed by atoms with Gasteiger partial charge in [0.15, 0.2) is 0 Å². The van der Waals surface area contributed by atoms with Gasteiger partial charge >= 0.3 is 0 Å². The highest BCUT2D eigenvalue weighted by Gasteiger charge is 1.95. The summed E-state index contributed by atoms with van der Waals surface area (Å²) in [6.07, 6.45) is 6.22. The third-order valence-corrected chi connectivity index (χ3v) is 1.72. The smallest absolute Gasteiger partial charge is 0.243 e. The molecule has 2 amide bonds. The zero-order chi connectivity index (χ0) is 10.8. The summed E-state index contributed by atoms with van der Waals surface area (Å²) < 4.78 is 0. The molecule has 0 radical (unpaired) electrons. The molecule has 0 aliphatic heterocycles. The third-order valence-electron chi connectivity index (χ3n) is 1.72. The van der Waals surface area contributed by atoms with E-state index in [1.54, 1.807) is 13.0 Å². The van der Waals surface area contributed by atoms with Gasteiger partial charge in [-0.1, -0.05) is 12.5 Å². The van der Waals surface area contributed by atoms with E-state index in [0.29, 0.717) is 13.0 Å². The Morgan fingerprint density at radius 2 is 2.00 bits per heavy atom. The van der Waals surface area contributed by atoms with Crippen molar-refractivity contribution in [1.29, 1.82) is 0 Å². The molecule has 4 nitrogen and oxygen atoms in total. The van der Waals surface area contributed by atoms with Crippen LogP contribution in [0, 0.1) is 0 Å². The number of rotatable bonds is 7. The van der Waals surface area contributed by atoms with Crippen LogP contribution in [0.3, 0.4) is 0 Å². The van der Waals surface area contributed by atoms with Gasteiger partial charge in [0.2, 0.25) is 11.8 Å².